The van der Waals surface area contributed by atoms with Crippen LogP contribution in [0.2, 0.25) is 0 Å². The van der Waals surface area contributed by atoms with Crippen molar-refractivity contribution in [1.82, 2.24) is 4.90 Å². The van der Waals surface area contributed by atoms with E-state index in [-0.39, 0.29) is 24.1 Å². The van der Waals surface area contributed by atoms with E-state index in [9.17, 15) is 5.11 Å². The first-order valence-electron chi connectivity index (χ1n) is 6.08. The van der Waals surface area contributed by atoms with Gasteiger partial charge in [-0.2, -0.15) is 0 Å². The summed E-state index contributed by atoms with van der Waals surface area (Å²) in [4.78, 5) is 2.28. The fourth-order valence-electron chi connectivity index (χ4n) is 2.23. The van der Waals surface area contributed by atoms with Gasteiger partial charge < -0.3 is 15.6 Å². The zero-order valence-electron chi connectivity index (χ0n) is 10.9. The summed E-state index contributed by atoms with van der Waals surface area (Å²) < 4.78 is 5.41. The normalized spacial score (nSPS) is 27.8. The molecule has 0 aromatic rings. The molecule has 4 nitrogen and oxygen atoms in total. The molecule has 1 saturated heterocycles. The van der Waals surface area contributed by atoms with Gasteiger partial charge in [-0.1, -0.05) is 20.8 Å². The highest BCUT2D eigenvalue weighted by Gasteiger charge is 2.35. The smallest absolute Gasteiger partial charge is 0.0619 e. The van der Waals surface area contributed by atoms with Crippen molar-refractivity contribution in [3.05, 3.63) is 0 Å². The molecule has 0 saturated carbocycles. The minimum absolute atomic E-state index is 0.00538. The van der Waals surface area contributed by atoms with Crippen LogP contribution >= 0.6 is 0 Å². The summed E-state index contributed by atoms with van der Waals surface area (Å²) >= 11 is 0. The van der Waals surface area contributed by atoms with Gasteiger partial charge in [0.2, 0.25) is 0 Å². The Morgan fingerprint density at radius 3 is 2.56 bits per heavy atom. The number of rotatable bonds is 3. The SMILES string of the molecule is CC1COCCN1C(CO)C(N)C(C)(C)C. The summed E-state index contributed by atoms with van der Waals surface area (Å²) in [5, 5.41) is 9.57. The molecule has 0 aromatic carbocycles. The summed E-state index contributed by atoms with van der Waals surface area (Å²) in [5.41, 5.74) is 6.26. The first-order chi connectivity index (χ1) is 7.38. The Kier molecular flexibility index (Phi) is 4.73. The number of hydrogen-bond donors (Lipinski definition) is 2. The number of ether oxygens (including phenoxy) is 1. The van der Waals surface area contributed by atoms with Crippen LogP contribution in [0.25, 0.3) is 0 Å². The molecule has 0 bridgehead atoms. The fraction of sp³-hybridized carbons (Fsp3) is 1.00. The topological polar surface area (TPSA) is 58.7 Å². The highest BCUT2D eigenvalue weighted by Crippen LogP contribution is 2.24. The van der Waals surface area contributed by atoms with Gasteiger partial charge in [0.1, 0.15) is 0 Å². The van der Waals surface area contributed by atoms with Crippen molar-refractivity contribution in [3.63, 3.8) is 0 Å². The van der Waals surface area contributed by atoms with Gasteiger partial charge in [0.15, 0.2) is 0 Å². The second-order valence-electron chi connectivity index (χ2n) is 5.80. The Labute approximate surface area is 98.8 Å². The third kappa shape index (κ3) is 3.17. The van der Waals surface area contributed by atoms with Crippen LogP contribution in [0.5, 0.6) is 0 Å². The monoisotopic (exact) mass is 230 g/mol. The number of aliphatic hydroxyl groups is 1. The molecule has 1 fully saturated rings. The van der Waals surface area contributed by atoms with E-state index < -0.39 is 0 Å². The van der Waals surface area contributed by atoms with Crippen molar-refractivity contribution < 1.29 is 9.84 Å². The van der Waals surface area contributed by atoms with Crippen LogP contribution in [0.15, 0.2) is 0 Å². The zero-order valence-corrected chi connectivity index (χ0v) is 10.9. The van der Waals surface area contributed by atoms with E-state index in [1.807, 2.05) is 0 Å². The largest absolute Gasteiger partial charge is 0.395 e. The van der Waals surface area contributed by atoms with E-state index in [2.05, 4.69) is 32.6 Å². The van der Waals surface area contributed by atoms with Crippen LogP contribution in [0.1, 0.15) is 27.7 Å². The molecule has 0 radical (unpaired) electrons. The van der Waals surface area contributed by atoms with Gasteiger partial charge in [-0.05, 0) is 12.3 Å². The Hall–Kier alpha value is -0.160. The van der Waals surface area contributed by atoms with Gasteiger partial charge in [0.25, 0.3) is 0 Å². The summed E-state index contributed by atoms with van der Waals surface area (Å²) in [6.07, 6.45) is 0. The predicted molar refractivity (Wildman–Crippen MR) is 65.3 cm³/mol. The van der Waals surface area contributed by atoms with Crippen LogP contribution in [0.3, 0.4) is 0 Å². The standard InChI is InChI=1S/C12H26N2O2/c1-9-8-16-6-5-14(9)10(7-15)11(13)12(2,3)4/h9-11,15H,5-8,13H2,1-4H3. The highest BCUT2D eigenvalue weighted by molar-refractivity contribution is 4.92. The van der Waals surface area contributed by atoms with Gasteiger partial charge in [-0.3, -0.25) is 4.90 Å². The first kappa shape index (κ1) is 13.9. The lowest BCUT2D eigenvalue weighted by Crippen LogP contribution is -2.60. The summed E-state index contributed by atoms with van der Waals surface area (Å²) in [7, 11) is 0. The number of aliphatic hydroxyl groups excluding tert-OH is 1. The summed E-state index contributed by atoms with van der Waals surface area (Å²) in [6, 6.07) is 0.330. The van der Waals surface area contributed by atoms with Gasteiger partial charge in [0.05, 0.1) is 19.8 Å². The first-order valence-corrected chi connectivity index (χ1v) is 6.08. The number of nitrogens with zero attached hydrogens (tertiary/aromatic N) is 1. The maximum absolute atomic E-state index is 9.57. The Bertz CT molecular complexity index is 216. The fourth-order valence-corrected chi connectivity index (χ4v) is 2.23. The van der Waals surface area contributed by atoms with Crippen molar-refractivity contribution in [3.8, 4) is 0 Å². The maximum atomic E-state index is 9.57. The minimum atomic E-state index is -0.0296. The molecule has 96 valence electrons. The molecule has 1 aliphatic heterocycles. The Balaban J connectivity index is 2.72. The van der Waals surface area contributed by atoms with E-state index in [0.29, 0.717) is 6.04 Å². The van der Waals surface area contributed by atoms with Gasteiger partial charge in [-0.25, -0.2) is 0 Å². The molecule has 0 aliphatic carbocycles. The molecule has 1 heterocycles. The average molecular weight is 230 g/mol. The molecule has 0 amide bonds. The molecule has 16 heavy (non-hydrogen) atoms. The molecule has 3 unspecified atom stereocenters. The Morgan fingerprint density at radius 2 is 2.12 bits per heavy atom. The second kappa shape index (κ2) is 5.45. The van der Waals surface area contributed by atoms with E-state index >= 15 is 0 Å². The van der Waals surface area contributed by atoms with Crippen molar-refractivity contribution >= 4 is 0 Å². The number of hydrogen-bond acceptors (Lipinski definition) is 4. The van der Waals surface area contributed by atoms with Gasteiger partial charge >= 0.3 is 0 Å². The summed E-state index contributed by atoms with van der Waals surface area (Å²) in [6.45, 7) is 10.9. The van der Waals surface area contributed by atoms with Crippen LogP contribution in [0.4, 0.5) is 0 Å². The minimum Gasteiger partial charge on any atom is -0.395 e. The van der Waals surface area contributed by atoms with Crippen LogP contribution in [-0.2, 0) is 4.74 Å². The Morgan fingerprint density at radius 1 is 1.50 bits per heavy atom. The lowest BCUT2D eigenvalue weighted by Gasteiger charge is -2.44. The third-order valence-corrected chi connectivity index (χ3v) is 3.45. The van der Waals surface area contributed by atoms with E-state index in [4.69, 9.17) is 10.5 Å². The van der Waals surface area contributed by atoms with Crippen LogP contribution < -0.4 is 5.73 Å². The lowest BCUT2D eigenvalue weighted by atomic mass is 9.82. The zero-order chi connectivity index (χ0) is 12.3. The van der Waals surface area contributed by atoms with Crippen LogP contribution in [0, 0.1) is 5.41 Å². The molecular weight excluding hydrogens is 204 g/mol. The third-order valence-electron chi connectivity index (χ3n) is 3.45. The average Bonchev–Trinajstić information content (AvgIpc) is 2.20. The summed E-state index contributed by atoms with van der Waals surface area (Å²) in [5.74, 6) is 0. The highest BCUT2D eigenvalue weighted by atomic mass is 16.5. The van der Waals surface area contributed by atoms with E-state index in [0.717, 1.165) is 19.8 Å². The quantitative estimate of drug-likeness (QED) is 0.739. The van der Waals surface area contributed by atoms with E-state index in [1.165, 1.54) is 0 Å². The number of nitrogens with two attached hydrogens (primary N) is 1. The molecule has 3 N–H and O–H groups in total. The van der Waals surface area contributed by atoms with Crippen molar-refractivity contribution in [2.24, 2.45) is 11.1 Å². The predicted octanol–water partition coefficient (Wildman–Crippen LogP) is 0.441. The second-order valence-corrected chi connectivity index (χ2v) is 5.80. The van der Waals surface area contributed by atoms with Crippen molar-refractivity contribution in [2.75, 3.05) is 26.4 Å². The molecule has 3 atom stereocenters. The molecule has 0 aromatic heterocycles. The lowest BCUT2D eigenvalue weighted by molar-refractivity contribution is -0.0478. The molecular formula is C12H26N2O2. The van der Waals surface area contributed by atoms with E-state index in [1.54, 1.807) is 0 Å². The van der Waals surface area contributed by atoms with Gasteiger partial charge in [0, 0.05) is 24.7 Å². The molecule has 4 heteroatoms. The van der Waals surface area contributed by atoms with Crippen LogP contribution in [-0.4, -0.2) is 54.5 Å². The molecule has 1 rings (SSSR count). The molecule has 0 spiro atoms. The van der Waals surface area contributed by atoms with Crippen molar-refractivity contribution in [2.45, 2.75) is 45.8 Å². The number of morpholine rings is 1. The van der Waals surface area contributed by atoms with Gasteiger partial charge in [-0.15, -0.1) is 0 Å². The maximum Gasteiger partial charge on any atom is 0.0619 e. The molecule has 1 aliphatic rings. The van der Waals surface area contributed by atoms with Crippen molar-refractivity contribution in [1.29, 1.82) is 0 Å².